The summed E-state index contributed by atoms with van der Waals surface area (Å²) in [7, 11) is 0. The van der Waals surface area contributed by atoms with E-state index in [1.165, 1.54) is 4.90 Å². The number of carbonyl (C=O) groups excluding carboxylic acids is 2. The number of fused-ring (bicyclic) bond motifs is 1. The molecule has 0 bridgehead atoms. The smallest absolute Gasteiger partial charge is 0.252 e. The average Bonchev–Trinajstić information content (AvgIpc) is 3.22. The van der Waals surface area contributed by atoms with Crippen LogP contribution in [0.2, 0.25) is 0 Å². The van der Waals surface area contributed by atoms with Crippen LogP contribution in [-0.4, -0.2) is 75.0 Å². The zero-order chi connectivity index (χ0) is 22.8. The lowest BCUT2D eigenvalue weighted by molar-refractivity contribution is -0.230. The van der Waals surface area contributed by atoms with Gasteiger partial charge in [-0.3, -0.25) is 9.59 Å². The van der Waals surface area contributed by atoms with E-state index in [2.05, 4.69) is 20.6 Å². The fraction of sp³-hybridized carbons (Fsp3) is 0.500. The third kappa shape index (κ3) is 2.62. The van der Waals surface area contributed by atoms with Crippen molar-refractivity contribution < 1.29 is 19.8 Å². The topological polar surface area (TPSA) is 205 Å². The second-order valence-corrected chi connectivity index (χ2v) is 8.70. The molecule has 4 aliphatic rings. The van der Waals surface area contributed by atoms with Gasteiger partial charge in [0.1, 0.15) is 12.1 Å². The van der Waals surface area contributed by atoms with Gasteiger partial charge < -0.3 is 42.9 Å². The first-order valence-corrected chi connectivity index (χ1v) is 10.5. The molecule has 1 fully saturated rings. The van der Waals surface area contributed by atoms with Crippen molar-refractivity contribution in [3.8, 4) is 0 Å². The van der Waals surface area contributed by atoms with Gasteiger partial charge in [-0.25, -0.2) is 9.98 Å². The number of aryl methyl sites for hydroxylation is 1. The summed E-state index contributed by atoms with van der Waals surface area (Å²) in [5, 5.41) is 28.2. The van der Waals surface area contributed by atoms with E-state index < -0.39 is 41.4 Å². The van der Waals surface area contributed by atoms with E-state index in [-0.39, 0.29) is 18.5 Å². The van der Waals surface area contributed by atoms with E-state index in [0.29, 0.717) is 5.56 Å². The first-order chi connectivity index (χ1) is 15.2. The Morgan fingerprint density at radius 2 is 1.94 bits per heavy atom. The van der Waals surface area contributed by atoms with Crippen molar-refractivity contribution in [2.75, 3.05) is 6.54 Å². The van der Waals surface area contributed by atoms with Crippen molar-refractivity contribution in [1.29, 1.82) is 0 Å². The standard InChI is InChI=1S/C20H26N8O4/c21-15(29)13-14-19(27-17(22)26-14)20(31,32)12(8-28(19)18(23)25-13)24-16(30)11-7-3-5-9-4-1-2-6-10(9)11/h3,5,7,12-14,31-32H,1-2,4,6,8H2,(H2,21,29)(H2,23,25)(H,24,30)(H3,22,26,27)/t12-,13?,14?,19?/m0/s1. The number of nitrogens with one attached hydrogen (secondary N) is 2. The number of benzene rings is 1. The highest BCUT2D eigenvalue weighted by atomic mass is 16.5. The quantitative estimate of drug-likeness (QED) is 0.237. The van der Waals surface area contributed by atoms with Crippen LogP contribution in [0.4, 0.5) is 0 Å². The molecule has 0 saturated carbocycles. The molecule has 1 spiro atoms. The molecular formula is C20H26N8O4. The second-order valence-electron chi connectivity index (χ2n) is 8.70. The summed E-state index contributed by atoms with van der Waals surface area (Å²) < 4.78 is 0. The van der Waals surface area contributed by atoms with Gasteiger partial charge in [-0.05, 0) is 42.9 Å². The molecule has 5 rings (SSSR count). The molecule has 1 aromatic carbocycles. The Balaban J connectivity index is 1.49. The molecule has 3 aliphatic heterocycles. The van der Waals surface area contributed by atoms with Crippen LogP contribution in [0.25, 0.3) is 0 Å². The Labute approximate surface area is 183 Å². The summed E-state index contributed by atoms with van der Waals surface area (Å²) in [4.78, 5) is 34.8. The lowest BCUT2D eigenvalue weighted by Crippen LogP contribution is -2.78. The zero-order valence-electron chi connectivity index (χ0n) is 17.3. The number of aliphatic hydroxyl groups is 2. The molecule has 2 amide bonds. The third-order valence-electron chi connectivity index (χ3n) is 6.95. The Morgan fingerprint density at radius 3 is 2.69 bits per heavy atom. The van der Waals surface area contributed by atoms with Crippen molar-refractivity contribution in [3.05, 3.63) is 34.9 Å². The number of carbonyl (C=O) groups is 2. The van der Waals surface area contributed by atoms with E-state index in [1.807, 2.05) is 12.1 Å². The summed E-state index contributed by atoms with van der Waals surface area (Å²) in [5.41, 5.74) is 18.2. The molecule has 12 nitrogen and oxygen atoms in total. The lowest BCUT2D eigenvalue weighted by Gasteiger charge is -2.48. The second kappa shape index (κ2) is 6.81. The van der Waals surface area contributed by atoms with Crippen LogP contribution in [0.15, 0.2) is 28.2 Å². The highest BCUT2D eigenvalue weighted by Crippen LogP contribution is 2.44. The minimum Gasteiger partial charge on any atom is -0.370 e. The van der Waals surface area contributed by atoms with Crippen molar-refractivity contribution in [2.45, 2.75) is 55.3 Å². The number of hydrogen-bond donors (Lipinski definition) is 7. The molecule has 1 aliphatic carbocycles. The van der Waals surface area contributed by atoms with Gasteiger partial charge in [0.05, 0.1) is 0 Å². The van der Waals surface area contributed by atoms with Crippen LogP contribution in [0.1, 0.15) is 34.3 Å². The molecule has 32 heavy (non-hydrogen) atoms. The van der Waals surface area contributed by atoms with E-state index >= 15 is 0 Å². The number of aliphatic imine (C=N–C) groups is 2. The minimum absolute atomic E-state index is 0.0963. The van der Waals surface area contributed by atoms with Crippen LogP contribution in [-0.2, 0) is 17.6 Å². The number of hydrogen-bond acceptors (Lipinski definition) is 10. The summed E-state index contributed by atoms with van der Waals surface area (Å²) in [6.45, 7) is -0.0963. The van der Waals surface area contributed by atoms with Gasteiger partial charge in [-0.2, -0.15) is 0 Å². The number of amides is 2. The van der Waals surface area contributed by atoms with E-state index in [9.17, 15) is 19.8 Å². The fourth-order valence-corrected chi connectivity index (χ4v) is 5.45. The van der Waals surface area contributed by atoms with Crippen molar-refractivity contribution in [3.63, 3.8) is 0 Å². The van der Waals surface area contributed by atoms with E-state index in [4.69, 9.17) is 17.2 Å². The van der Waals surface area contributed by atoms with Crippen molar-refractivity contribution in [1.82, 2.24) is 15.5 Å². The molecule has 12 heteroatoms. The van der Waals surface area contributed by atoms with E-state index in [1.54, 1.807) is 6.07 Å². The summed E-state index contributed by atoms with van der Waals surface area (Å²) in [6.07, 6.45) is 3.76. The highest BCUT2D eigenvalue weighted by Gasteiger charge is 2.74. The van der Waals surface area contributed by atoms with Crippen LogP contribution < -0.4 is 27.8 Å². The minimum atomic E-state index is -2.61. The highest BCUT2D eigenvalue weighted by molar-refractivity contribution is 5.97. The fourth-order valence-electron chi connectivity index (χ4n) is 5.45. The Hall–Kier alpha value is -3.38. The van der Waals surface area contributed by atoms with Gasteiger partial charge in [0.25, 0.3) is 5.91 Å². The van der Waals surface area contributed by atoms with Crippen molar-refractivity contribution in [2.24, 2.45) is 27.2 Å². The van der Waals surface area contributed by atoms with Gasteiger partial charge in [-0.15, -0.1) is 0 Å². The van der Waals surface area contributed by atoms with Crippen LogP contribution in [0.5, 0.6) is 0 Å². The molecule has 10 N–H and O–H groups in total. The summed E-state index contributed by atoms with van der Waals surface area (Å²) >= 11 is 0. The molecule has 170 valence electrons. The van der Waals surface area contributed by atoms with Crippen LogP contribution in [0.3, 0.4) is 0 Å². The summed E-state index contributed by atoms with van der Waals surface area (Å²) in [6, 6.07) is 1.98. The largest absolute Gasteiger partial charge is 0.370 e. The number of nitrogens with two attached hydrogens (primary N) is 3. The number of rotatable bonds is 3. The van der Waals surface area contributed by atoms with Gasteiger partial charge in [0, 0.05) is 12.1 Å². The predicted octanol–water partition coefficient (Wildman–Crippen LogP) is -3.17. The normalized spacial score (nSPS) is 32.1. The number of guanidine groups is 2. The average molecular weight is 442 g/mol. The maximum Gasteiger partial charge on any atom is 0.252 e. The van der Waals surface area contributed by atoms with Gasteiger partial charge in [0.2, 0.25) is 11.7 Å². The van der Waals surface area contributed by atoms with Gasteiger partial charge in [0.15, 0.2) is 23.6 Å². The molecule has 0 radical (unpaired) electrons. The molecule has 3 unspecified atom stereocenters. The molecule has 3 heterocycles. The first-order valence-electron chi connectivity index (χ1n) is 10.5. The van der Waals surface area contributed by atoms with E-state index in [0.717, 1.165) is 36.8 Å². The number of primary amides is 1. The molecular weight excluding hydrogens is 416 g/mol. The lowest BCUT2D eigenvalue weighted by atomic mass is 9.84. The zero-order valence-corrected chi connectivity index (χ0v) is 17.3. The Morgan fingerprint density at radius 1 is 1.19 bits per heavy atom. The van der Waals surface area contributed by atoms with Crippen LogP contribution >= 0.6 is 0 Å². The Bertz CT molecular complexity index is 1070. The maximum atomic E-state index is 13.2. The summed E-state index contributed by atoms with van der Waals surface area (Å²) in [5.74, 6) is -4.13. The van der Waals surface area contributed by atoms with Gasteiger partial charge in [-0.1, -0.05) is 12.1 Å². The molecule has 1 aromatic rings. The Kier molecular flexibility index (Phi) is 4.37. The van der Waals surface area contributed by atoms with Gasteiger partial charge >= 0.3 is 0 Å². The SMILES string of the molecule is NC(=O)C1N=C(N)N2C[C@H](NC(=O)c3cccc4c3CCCC4)C(O)(O)C23NC(N)=NC13. The predicted molar refractivity (Wildman–Crippen MR) is 114 cm³/mol. The number of nitrogens with zero attached hydrogens (tertiary/aromatic N) is 3. The van der Waals surface area contributed by atoms with Crippen LogP contribution in [0, 0.1) is 0 Å². The maximum absolute atomic E-state index is 13.2. The first kappa shape index (κ1) is 20.5. The molecule has 4 atom stereocenters. The monoisotopic (exact) mass is 442 g/mol. The third-order valence-corrected chi connectivity index (χ3v) is 6.95. The molecule has 0 aromatic heterocycles. The van der Waals surface area contributed by atoms with Crippen molar-refractivity contribution >= 4 is 23.7 Å². The molecule has 1 saturated heterocycles.